The van der Waals surface area contributed by atoms with Crippen LogP contribution in [0.4, 0.5) is 11.4 Å². The molecule has 0 radical (unpaired) electrons. The third-order valence-electron chi connectivity index (χ3n) is 9.40. The van der Waals surface area contributed by atoms with Gasteiger partial charge in [0.1, 0.15) is 5.54 Å². The first-order valence-electron chi connectivity index (χ1n) is 16.3. The number of nitrogens with zero attached hydrogens (tertiary/aromatic N) is 2. The number of amides is 2. The molecule has 11 heteroatoms. The number of rotatable bonds is 11. The number of carbonyl (C=O) groups is 3. The molecule has 3 aliphatic heterocycles. The highest BCUT2D eigenvalue weighted by Gasteiger charge is 2.50. The van der Waals surface area contributed by atoms with Crippen LogP contribution in [0.2, 0.25) is 0 Å². The standard InChI is InChI=1S/C36H42N4O7/c41-23-25-12-14-26(15-13-25)31-21-30(46-34(47-31)27-6-4-7-28(20-27)38-32(42)10-5-11-33(43)44)22-39-18-16-36(17-19-39)35(45)37-24-40(36)29-8-2-1-3-9-29/h1-4,6-9,12-15,20,30-31,34,41H,5,10-11,16-19,21-24H2,(H,37,45)(H,38,42)(H,43,44)/t30-,31+,34+/m1/s1. The van der Waals surface area contributed by atoms with E-state index in [1.165, 1.54) is 0 Å². The van der Waals surface area contributed by atoms with E-state index in [2.05, 4.69) is 32.6 Å². The summed E-state index contributed by atoms with van der Waals surface area (Å²) in [6, 6.07) is 25.2. The van der Waals surface area contributed by atoms with Crippen molar-refractivity contribution in [2.45, 2.75) is 69.2 Å². The molecule has 3 fully saturated rings. The Bertz CT molecular complexity index is 1540. The van der Waals surface area contributed by atoms with Gasteiger partial charge in [0.25, 0.3) is 0 Å². The SMILES string of the molecule is O=C(O)CCCC(=O)Nc1cccc([C@H]2O[C@@H](CN3CCC4(CC3)C(=O)NCN4c3ccccc3)C[C@@H](c3ccc(CO)cc3)O2)c1. The molecule has 3 aromatic rings. The Kier molecular flexibility index (Phi) is 10.2. The van der Waals surface area contributed by atoms with E-state index in [0.29, 0.717) is 38.2 Å². The molecule has 1 spiro atoms. The fourth-order valence-electron chi connectivity index (χ4n) is 6.85. The topological polar surface area (TPSA) is 141 Å². The van der Waals surface area contributed by atoms with Crippen molar-refractivity contribution in [1.29, 1.82) is 0 Å². The van der Waals surface area contributed by atoms with Crippen molar-refractivity contribution in [3.05, 3.63) is 95.6 Å². The maximum absolute atomic E-state index is 13.2. The molecule has 3 atom stereocenters. The molecule has 248 valence electrons. The smallest absolute Gasteiger partial charge is 0.303 e. The van der Waals surface area contributed by atoms with Crippen molar-refractivity contribution in [3.63, 3.8) is 0 Å². The van der Waals surface area contributed by atoms with Crippen LogP contribution in [0.15, 0.2) is 78.9 Å². The Morgan fingerprint density at radius 2 is 1.70 bits per heavy atom. The van der Waals surface area contributed by atoms with E-state index in [0.717, 1.165) is 35.5 Å². The molecule has 0 aliphatic carbocycles. The van der Waals surface area contributed by atoms with E-state index >= 15 is 0 Å². The van der Waals surface area contributed by atoms with Gasteiger partial charge in [0.05, 0.1) is 25.5 Å². The number of carboxylic acid groups (broad SMARTS) is 1. The van der Waals surface area contributed by atoms with Crippen LogP contribution in [-0.4, -0.2) is 70.8 Å². The van der Waals surface area contributed by atoms with Gasteiger partial charge >= 0.3 is 5.97 Å². The Morgan fingerprint density at radius 1 is 0.936 bits per heavy atom. The molecule has 3 aliphatic rings. The van der Waals surface area contributed by atoms with Crippen LogP contribution in [-0.2, 0) is 30.5 Å². The third kappa shape index (κ3) is 7.65. The maximum Gasteiger partial charge on any atom is 0.303 e. The molecular formula is C36H42N4O7. The van der Waals surface area contributed by atoms with Crippen LogP contribution in [0.1, 0.15) is 67.6 Å². The summed E-state index contributed by atoms with van der Waals surface area (Å²) in [5, 5.41) is 24.4. The Balaban J connectivity index is 1.15. The Hall–Kier alpha value is -4.29. The first kappa shape index (κ1) is 32.6. The number of hydrogen-bond donors (Lipinski definition) is 4. The fraction of sp³-hybridized carbons (Fsp3) is 0.417. The summed E-state index contributed by atoms with van der Waals surface area (Å²) >= 11 is 0. The molecule has 4 N–H and O–H groups in total. The highest BCUT2D eigenvalue weighted by molar-refractivity contribution is 5.93. The molecule has 47 heavy (non-hydrogen) atoms. The highest BCUT2D eigenvalue weighted by Crippen LogP contribution is 2.40. The van der Waals surface area contributed by atoms with E-state index in [4.69, 9.17) is 14.6 Å². The number of likely N-dealkylation sites (tertiary alicyclic amines) is 1. The van der Waals surface area contributed by atoms with E-state index < -0.39 is 17.8 Å². The van der Waals surface area contributed by atoms with Gasteiger partial charge in [0, 0.05) is 55.8 Å². The van der Waals surface area contributed by atoms with Gasteiger partial charge < -0.3 is 40.1 Å². The average molecular weight is 643 g/mol. The lowest BCUT2D eigenvalue weighted by Crippen LogP contribution is -2.57. The van der Waals surface area contributed by atoms with Gasteiger partial charge in [0.15, 0.2) is 6.29 Å². The zero-order valence-electron chi connectivity index (χ0n) is 26.3. The molecule has 0 saturated carbocycles. The zero-order valence-corrected chi connectivity index (χ0v) is 26.3. The number of para-hydroxylation sites is 1. The molecule has 0 unspecified atom stereocenters. The number of anilines is 2. The van der Waals surface area contributed by atoms with Crippen molar-refractivity contribution in [2.24, 2.45) is 0 Å². The predicted molar refractivity (Wildman–Crippen MR) is 175 cm³/mol. The van der Waals surface area contributed by atoms with Gasteiger partial charge in [-0.2, -0.15) is 0 Å². The van der Waals surface area contributed by atoms with Gasteiger partial charge in [0.2, 0.25) is 11.8 Å². The minimum absolute atomic E-state index is 0.0365. The van der Waals surface area contributed by atoms with E-state index in [1.807, 2.05) is 60.7 Å². The maximum atomic E-state index is 13.2. The third-order valence-corrected chi connectivity index (χ3v) is 9.40. The van der Waals surface area contributed by atoms with E-state index in [1.54, 1.807) is 6.07 Å². The monoisotopic (exact) mass is 642 g/mol. The lowest BCUT2D eigenvalue weighted by molar-refractivity contribution is -0.253. The second-order valence-electron chi connectivity index (χ2n) is 12.5. The molecule has 11 nitrogen and oxygen atoms in total. The molecule has 2 amide bonds. The second kappa shape index (κ2) is 14.6. The molecular weight excluding hydrogens is 600 g/mol. The quantitative estimate of drug-likeness (QED) is 0.240. The predicted octanol–water partition coefficient (Wildman–Crippen LogP) is 4.35. The number of aliphatic hydroxyl groups excluding tert-OH is 1. The fourth-order valence-corrected chi connectivity index (χ4v) is 6.85. The summed E-state index contributed by atoms with van der Waals surface area (Å²) in [5.41, 5.74) is 3.63. The van der Waals surface area contributed by atoms with Gasteiger partial charge in [-0.1, -0.05) is 54.6 Å². The number of carbonyl (C=O) groups excluding carboxylic acids is 2. The van der Waals surface area contributed by atoms with Gasteiger partial charge in [-0.25, -0.2) is 0 Å². The Labute approximate surface area is 274 Å². The normalized spacial score (nSPS) is 22.6. The summed E-state index contributed by atoms with van der Waals surface area (Å²) in [6.45, 7) is 2.65. The molecule has 3 heterocycles. The number of hydrogen-bond acceptors (Lipinski definition) is 8. The van der Waals surface area contributed by atoms with Crippen LogP contribution in [0, 0.1) is 0 Å². The van der Waals surface area contributed by atoms with Crippen LogP contribution < -0.4 is 15.5 Å². The van der Waals surface area contributed by atoms with Crippen LogP contribution in [0.3, 0.4) is 0 Å². The van der Waals surface area contributed by atoms with Crippen LogP contribution >= 0.6 is 0 Å². The lowest BCUT2D eigenvalue weighted by Gasteiger charge is -2.45. The number of ether oxygens (including phenoxy) is 2. The molecule has 0 aromatic heterocycles. The van der Waals surface area contributed by atoms with Crippen molar-refractivity contribution < 1.29 is 34.1 Å². The van der Waals surface area contributed by atoms with Crippen molar-refractivity contribution in [1.82, 2.24) is 10.2 Å². The number of aliphatic carboxylic acids is 1. The van der Waals surface area contributed by atoms with Crippen molar-refractivity contribution in [2.75, 3.05) is 36.5 Å². The summed E-state index contributed by atoms with van der Waals surface area (Å²) < 4.78 is 13.1. The minimum atomic E-state index is -0.927. The molecule has 3 saturated heterocycles. The number of carboxylic acids is 1. The first-order chi connectivity index (χ1) is 22.8. The number of benzene rings is 3. The van der Waals surface area contributed by atoms with Gasteiger partial charge in [-0.3, -0.25) is 14.4 Å². The number of nitrogens with one attached hydrogen (secondary N) is 2. The van der Waals surface area contributed by atoms with E-state index in [9.17, 15) is 19.5 Å². The first-order valence-corrected chi connectivity index (χ1v) is 16.3. The lowest BCUT2D eigenvalue weighted by atomic mass is 9.85. The molecule has 0 bridgehead atoms. The van der Waals surface area contributed by atoms with Gasteiger partial charge in [-0.05, 0) is 54.7 Å². The van der Waals surface area contributed by atoms with Crippen LogP contribution in [0.25, 0.3) is 0 Å². The highest BCUT2D eigenvalue weighted by atomic mass is 16.7. The van der Waals surface area contributed by atoms with Crippen LogP contribution in [0.5, 0.6) is 0 Å². The second-order valence-corrected chi connectivity index (χ2v) is 12.5. The molecule has 6 rings (SSSR count). The summed E-state index contributed by atoms with van der Waals surface area (Å²) in [7, 11) is 0. The zero-order chi connectivity index (χ0) is 32.8. The number of piperidine rings is 1. The van der Waals surface area contributed by atoms with Gasteiger partial charge in [-0.15, -0.1) is 0 Å². The largest absolute Gasteiger partial charge is 0.481 e. The number of aliphatic hydroxyl groups is 1. The minimum Gasteiger partial charge on any atom is -0.481 e. The van der Waals surface area contributed by atoms with Crippen molar-refractivity contribution in [3.8, 4) is 0 Å². The molecule has 3 aromatic carbocycles. The summed E-state index contributed by atoms with van der Waals surface area (Å²) in [6.07, 6.45) is 1.26. The van der Waals surface area contributed by atoms with E-state index in [-0.39, 0.29) is 49.9 Å². The van der Waals surface area contributed by atoms with Crippen molar-refractivity contribution >= 4 is 29.2 Å². The average Bonchev–Trinajstić information content (AvgIpc) is 3.40. The summed E-state index contributed by atoms with van der Waals surface area (Å²) in [4.78, 5) is 41.0. The Morgan fingerprint density at radius 3 is 2.43 bits per heavy atom. The summed E-state index contributed by atoms with van der Waals surface area (Å²) in [5.74, 6) is -1.09.